The van der Waals surface area contributed by atoms with Gasteiger partial charge in [-0.1, -0.05) is 135 Å². The van der Waals surface area contributed by atoms with Gasteiger partial charge in [-0.2, -0.15) is 0 Å². The SMILES string of the molecule is CCCCCCCCCC/C=C/CCCCCC(=O)O[C@H](COC(=O)CCCCCCCCCCCC)COP(=O)(O)O. The van der Waals surface area contributed by atoms with Crippen LogP contribution in [0.1, 0.15) is 174 Å². The van der Waals surface area contributed by atoms with E-state index in [0.717, 1.165) is 44.9 Å². The van der Waals surface area contributed by atoms with Crippen molar-refractivity contribution < 1.29 is 37.9 Å². The summed E-state index contributed by atoms with van der Waals surface area (Å²) >= 11 is 0. The zero-order valence-corrected chi connectivity index (χ0v) is 28.5. The number of esters is 2. The van der Waals surface area contributed by atoms with Crippen molar-refractivity contribution in [3.63, 3.8) is 0 Å². The average Bonchev–Trinajstić information content (AvgIpc) is 2.97. The average molecular weight is 633 g/mol. The van der Waals surface area contributed by atoms with E-state index in [0.29, 0.717) is 6.42 Å². The first-order chi connectivity index (χ1) is 20.8. The summed E-state index contributed by atoms with van der Waals surface area (Å²) in [6.45, 7) is 3.64. The molecule has 0 bridgehead atoms. The van der Waals surface area contributed by atoms with Crippen molar-refractivity contribution in [3.8, 4) is 0 Å². The highest BCUT2D eigenvalue weighted by Crippen LogP contribution is 2.36. The van der Waals surface area contributed by atoms with E-state index in [4.69, 9.17) is 19.3 Å². The lowest BCUT2D eigenvalue weighted by Gasteiger charge is -2.18. The Bertz CT molecular complexity index is 721. The van der Waals surface area contributed by atoms with E-state index in [1.165, 1.54) is 96.3 Å². The van der Waals surface area contributed by atoms with Crippen LogP contribution in [0.4, 0.5) is 0 Å². The van der Waals surface area contributed by atoms with Crippen molar-refractivity contribution in [1.82, 2.24) is 0 Å². The van der Waals surface area contributed by atoms with Crippen LogP contribution in [0.15, 0.2) is 12.2 Å². The Morgan fingerprint density at radius 1 is 0.581 bits per heavy atom. The van der Waals surface area contributed by atoms with Gasteiger partial charge in [-0.15, -0.1) is 0 Å². The molecule has 0 aromatic heterocycles. The first kappa shape index (κ1) is 41.8. The number of unbranched alkanes of at least 4 members (excludes halogenated alkanes) is 20. The van der Waals surface area contributed by atoms with Crippen LogP contribution in [-0.2, 0) is 28.2 Å². The molecule has 0 aromatic rings. The maximum Gasteiger partial charge on any atom is 0.469 e. The second-order valence-electron chi connectivity index (χ2n) is 11.8. The van der Waals surface area contributed by atoms with Crippen molar-refractivity contribution in [2.45, 2.75) is 180 Å². The molecule has 0 unspecified atom stereocenters. The molecule has 43 heavy (non-hydrogen) atoms. The van der Waals surface area contributed by atoms with Crippen molar-refractivity contribution >= 4 is 19.8 Å². The van der Waals surface area contributed by atoms with Gasteiger partial charge in [0.05, 0.1) is 6.61 Å². The highest BCUT2D eigenvalue weighted by atomic mass is 31.2. The molecular formula is C34H65O8P. The van der Waals surface area contributed by atoms with Gasteiger partial charge in [0, 0.05) is 12.8 Å². The number of carbonyl (C=O) groups excluding carboxylic acids is 2. The Morgan fingerprint density at radius 2 is 0.977 bits per heavy atom. The summed E-state index contributed by atoms with van der Waals surface area (Å²) in [5.74, 6) is -0.900. The molecule has 0 aliphatic heterocycles. The number of phosphoric ester groups is 1. The van der Waals surface area contributed by atoms with Crippen molar-refractivity contribution in [3.05, 3.63) is 12.2 Å². The fourth-order valence-electron chi connectivity index (χ4n) is 4.90. The lowest BCUT2D eigenvalue weighted by molar-refractivity contribution is -0.161. The molecule has 0 spiro atoms. The Balaban J connectivity index is 4.00. The van der Waals surface area contributed by atoms with Crippen molar-refractivity contribution in [2.75, 3.05) is 13.2 Å². The molecule has 0 aliphatic carbocycles. The number of phosphoric acid groups is 1. The molecule has 0 aromatic carbocycles. The third kappa shape index (κ3) is 33.5. The maximum atomic E-state index is 12.3. The number of ether oxygens (including phenoxy) is 2. The molecule has 0 fully saturated rings. The normalized spacial score (nSPS) is 12.6. The topological polar surface area (TPSA) is 119 Å². The molecular weight excluding hydrogens is 567 g/mol. The highest BCUT2D eigenvalue weighted by molar-refractivity contribution is 7.46. The standard InChI is InChI=1S/C34H65O8P/c1-3-5-7-9-11-13-15-16-17-18-19-21-23-25-27-29-34(36)42-32(31-41-43(37,38)39)30-40-33(35)28-26-24-22-20-14-12-10-8-6-4-2/h18-19,32H,3-17,20-31H2,1-2H3,(H2,37,38,39)/b19-18+/t32-/m1/s1. The van der Waals surface area contributed by atoms with Crippen LogP contribution in [-0.4, -0.2) is 41.0 Å². The van der Waals surface area contributed by atoms with Crippen molar-refractivity contribution in [1.29, 1.82) is 0 Å². The summed E-state index contributed by atoms with van der Waals surface area (Å²) in [4.78, 5) is 42.5. The van der Waals surface area contributed by atoms with Crippen LogP contribution in [0, 0.1) is 0 Å². The molecule has 254 valence electrons. The van der Waals surface area contributed by atoms with E-state index >= 15 is 0 Å². The summed E-state index contributed by atoms with van der Waals surface area (Å²) in [5.41, 5.74) is 0. The minimum Gasteiger partial charge on any atom is -0.462 e. The van der Waals surface area contributed by atoms with Gasteiger partial charge in [-0.3, -0.25) is 14.1 Å². The van der Waals surface area contributed by atoms with E-state index < -0.39 is 32.5 Å². The zero-order chi connectivity index (χ0) is 31.9. The fourth-order valence-corrected chi connectivity index (χ4v) is 5.26. The number of allylic oxidation sites excluding steroid dienone is 2. The van der Waals surface area contributed by atoms with Crippen LogP contribution in [0.25, 0.3) is 0 Å². The third-order valence-electron chi connectivity index (χ3n) is 7.53. The quantitative estimate of drug-likeness (QED) is 0.0325. The van der Waals surface area contributed by atoms with E-state index in [9.17, 15) is 14.2 Å². The second-order valence-corrected chi connectivity index (χ2v) is 13.1. The molecule has 1 atom stereocenters. The zero-order valence-electron chi connectivity index (χ0n) is 27.6. The van der Waals surface area contributed by atoms with Gasteiger partial charge in [-0.05, 0) is 38.5 Å². The van der Waals surface area contributed by atoms with Crippen LogP contribution in [0.3, 0.4) is 0 Å². The molecule has 0 heterocycles. The first-order valence-electron chi connectivity index (χ1n) is 17.5. The van der Waals surface area contributed by atoms with Gasteiger partial charge >= 0.3 is 19.8 Å². The van der Waals surface area contributed by atoms with Gasteiger partial charge in [0.15, 0.2) is 6.10 Å². The fraction of sp³-hybridized carbons (Fsp3) is 0.882. The predicted molar refractivity (Wildman–Crippen MR) is 175 cm³/mol. The molecule has 0 aliphatic rings. The van der Waals surface area contributed by atoms with Gasteiger partial charge in [0.25, 0.3) is 0 Å². The Kier molecular flexibility index (Phi) is 29.9. The molecule has 0 radical (unpaired) electrons. The van der Waals surface area contributed by atoms with Gasteiger partial charge in [0.2, 0.25) is 0 Å². The molecule has 8 nitrogen and oxygen atoms in total. The number of hydrogen-bond acceptors (Lipinski definition) is 6. The molecule has 0 saturated carbocycles. The second kappa shape index (κ2) is 30.8. The first-order valence-corrected chi connectivity index (χ1v) is 19.0. The molecule has 9 heteroatoms. The highest BCUT2D eigenvalue weighted by Gasteiger charge is 2.22. The number of hydrogen-bond donors (Lipinski definition) is 2. The van der Waals surface area contributed by atoms with Crippen LogP contribution in [0.2, 0.25) is 0 Å². The largest absolute Gasteiger partial charge is 0.469 e. The smallest absolute Gasteiger partial charge is 0.462 e. The van der Waals surface area contributed by atoms with Gasteiger partial charge in [0.1, 0.15) is 6.61 Å². The van der Waals surface area contributed by atoms with E-state index in [-0.39, 0.29) is 19.4 Å². The summed E-state index contributed by atoms with van der Waals surface area (Å²) in [7, 11) is -4.74. The summed E-state index contributed by atoms with van der Waals surface area (Å²) < 4.78 is 26.2. The predicted octanol–water partition coefficient (Wildman–Crippen LogP) is 9.90. The summed E-state index contributed by atoms with van der Waals surface area (Å²) in [6.07, 6.45) is 30.8. The summed E-state index contributed by atoms with van der Waals surface area (Å²) in [5, 5.41) is 0. The van der Waals surface area contributed by atoms with Gasteiger partial charge in [-0.25, -0.2) is 4.57 Å². The van der Waals surface area contributed by atoms with Crippen LogP contribution < -0.4 is 0 Å². The lowest BCUT2D eigenvalue weighted by atomic mass is 10.1. The third-order valence-corrected chi connectivity index (χ3v) is 8.02. The van der Waals surface area contributed by atoms with Crippen LogP contribution >= 0.6 is 7.82 Å². The Labute approximate surface area is 263 Å². The van der Waals surface area contributed by atoms with Crippen molar-refractivity contribution in [2.24, 2.45) is 0 Å². The van der Waals surface area contributed by atoms with E-state index in [2.05, 4.69) is 30.5 Å². The maximum absolute atomic E-state index is 12.3. The Morgan fingerprint density at radius 3 is 1.44 bits per heavy atom. The minimum atomic E-state index is -4.74. The van der Waals surface area contributed by atoms with E-state index in [1.54, 1.807) is 0 Å². The lowest BCUT2D eigenvalue weighted by Crippen LogP contribution is -2.29. The molecule has 0 saturated heterocycles. The Hall–Kier alpha value is -1.21. The van der Waals surface area contributed by atoms with Gasteiger partial charge < -0.3 is 19.3 Å². The molecule has 0 rings (SSSR count). The molecule has 0 amide bonds. The summed E-state index contributed by atoms with van der Waals surface area (Å²) in [6, 6.07) is 0. The monoisotopic (exact) mass is 632 g/mol. The van der Waals surface area contributed by atoms with E-state index in [1.807, 2.05) is 0 Å². The number of rotatable bonds is 32. The number of carbonyl (C=O) groups is 2. The van der Waals surface area contributed by atoms with Crippen LogP contribution in [0.5, 0.6) is 0 Å². The molecule has 2 N–H and O–H groups in total. The minimum absolute atomic E-state index is 0.195.